The molecule has 2 rings (SSSR count). The lowest BCUT2D eigenvalue weighted by molar-refractivity contribution is 0.434. The van der Waals surface area contributed by atoms with Gasteiger partial charge in [0.05, 0.1) is 0 Å². The lowest BCUT2D eigenvalue weighted by atomic mass is 9.83. The Labute approximate surface area is 131 Å². The van der Waals surface area contributed by atoms with Crippen LogP contribution in [0.2, 0.25) is 0 Å². The number of nitrogens with one attached hydrogen (secondary N) is 1. The topological polar surface area (TPSA) is 12.0 Å². The van der Waals surface area contributed by atoms with Crippen molar-refractivity contribution in [3.05, 3.63) is 33.4 Å². The summed E-state index contributed by atoms with van der Waals surface area (Å²) < 4.78 is 0. The maximum absolute atomic E-state index is 3.65. The molecule has 1 fully saturated rings. The van der Waals surface area contributed by atoms with E-state index in [0.29, 0.717) is 22.8 Å². The van der Waals surface area contributed by atoms with E-state index in [1.54, 1.807) is 5.56 Å². The van der Waals surface area contributed by atoms with Crippen molar-refractivity contribution in [1.29, 1.82) is 0 Å². The van der Waals surface area contributed by atoms with Gasteiger partial charge in [0.15, 0.2) is 0 Å². The van der Waals surface area contributed by atoms with Crippen molar-refractivity contribution < 1.29 is 0 Å². The van der Waals surface area contributed by atoms with Gasteiger partial charge < -0.3 is 5.32 Å². The summed E-state index contributed by atoms with van der Waals surface area (Å²) in [5.41, 5.74) is 9.68. The molecule has 0 aromatic heterocycles. The Hall–Kier alpha value is -0.820. The molecule has 0 heterocycles. The molecule has 21 heavy (non-hydrogen) atoms. The highest BCUT2D eigenvalue weighted by Gasteiger charge is 2.67. The van der Waals surface area contributed by atoms with Crippen LogP contribution in [0, 0.1) is 51.4 Å². The zero-order valence-corrected chi connectivity index (χ0v) is 15.7. The highest BCUT2D eigenvalue weighted by molar-refractivity contribution is 5.51. The molecule has 0 bridgehead atoms. The fraction of sp³-hybridized carbons (Fsp3) is 0.700. The maximum Gasteiger partial charge on any atom is 0.0362 e. The third-order valence-electron chi connectivity index (χ3n) is 7.15. The summed E-state index contributed by atoms with van der Waals surface area (Å²) in [5.74, 6) is 0.689. The zero-order valence-electron chi connectivity index (χ0n) is 15.7. The summed E-state index contributed by atoms with van der Waals surface area (Å²) in [7, 11) is 2.12. The van der Waals surface area contributed by atoms with E-state index in [1.807, 2.05) is 0 Å². The van der Waals surface area contributed by atoms with Gasteiger partial charge in [-0.1, -0.05) is 27.7 Å². The van der Waals surface area contributed by atoms with Crippen molar-refractivity contribution >= 4 is 0 Å². The van der Waals surface area contributed by atoms with Crippen LogP contribution in [-0.2, 0) is 0 Å². The van der Waals surface area contributed by atoms with Gasteiger partial charge >= 0.3 is 0 Å². The molecular formula is C20H33N. The molecule has 118 valence electrons. The molecule has 1 unspecified atom stereocenters. The van der Waals surface area contributed by atoms with Gasteiger partial charge in [0.1, 0.15) is 0 Å². The van der Waals surface area contributed by atoms with Crippen molar-refractivity contribution in [2.75, 3.05) is 7.05 Å². The monoisotopic (exact) mass is 287 g/mol. The number of hydrogen-bond acceptors (Lipinski definition) is 1. The minimum Gasteiger partial charge on any atom is -0.313 e. The molecule has 1 nitrogen and oxygen atoms in total. The molecule has 0 radical (unpaired) electrons. The van der Waals surface area contributed by atoms with E-state index in [0.717, 1.165) is 0 Å². The minimum atomic E-state index is 0.395. The third-order valence-corrected chi connectivity index (χ3v) is 7.15. The lowest BCUT2D eigenvalue weighted by Gasteiger charge is -2.27. The number of rotatable bonds is 3. The molecule has 0 spiro atoms. The van der Waals surface area contributed by atoms with Crippen molar-refractivity contribution in [3.63, 3.8) is 0 Å². The summed E-state index contributed by atoms with van der Waals surface area (Å²) in [6.45, 7) is 21.1. The van der Waals surface area contributed by atoms with E-state index in [1.165, 1.54) is 27.8 Å². The van der Waals surface area contributed by atoms with Crippen LogP contribution in [0.1, 0.15) is 67.1 Å². The fourth-order valence-corrected chi connectivity index (χ4v) is 4.55. The Bertz CT molecular complexity index is 535. The van der Waals surface area contributed by atoms with Gasteiger partial charge in [-0.2, -0.15) is 0 Å². The Morgan fingerprint density at radius 2 is 1.05 bits per heavy atom. The van der Waals surface area contributed by atoms with Crippen molar-refractivity contribution in [2.24, 2.45) is 16.7 Å². The van der Waals surface area contributed by atoms with Gasteiger partial charge in [-0.3, -0.25) is 0 Å². The second-order valence-electron chi connectivity index (χ2n) is 8.23. The first kappa shape index (κ1) is 16.5. The van der Waals surface area contributed by atoms with Crippen molar-refractivity contribution in [2.45, 2.75) is 68.4 Å². The molecule has 1 aliphatic carbocycles. The normalized spacial score (nSPS) is 21.4. The predicted molar refractivity (Wildman–Crippen MR) is 93.0 cm³/mol. The Morgan fingerprint density at radius 1 is 0.714 bits per heavy atom. The van der Waals surface area contributed by atoms with Crippen molar-refractivity contribution in [1.82, 2.24) is 5.32 Å². The van der Waals surface area contributed by atoms with Gasteiger partial charge in [0.25, 0.3) is 0 Å². The Kier molecular flexibility index (Phi) is 3.82. The molecule has 1 aromatic rings. The molecular weight excluding hydrogens is 254 g/mol. The first-order valence-electron chi connectivity index (χ1n) is 8.24. The van der Waals surface area contributed by atoms with Gasteiger partial charge in [-0.05, 0) is 91.8 Å². The third kappa shape index (κ3) is 2.08. The van der Waals surface area contributed by atoms with Crippen LogP contribution in [0.15, 0.2) is 0 Å². The van der Waals surface area contributed by atoms with Gasteiger partial charge in [0, 0.05) is 6.04 Å². The minimum absolute atomic E-state index is 0.395. The van der Waals surface area contributed by atoms with Crippen LogP contribution in [0.25, 0.3) is 0 Å². The molecule has 1 aromatic carbocycles. The summed E-state index contributed by atoms with van der Waals surface area (Å²) in [5, 5.41) is 3.65. The SMILES string of the molecule is CNC(c1c(C)c(C)c(C)c(C)c1C)C1C(C)(C)C1(C)C. The second kappa shape index (κ2) is 4.84. The fourth-order valence-electron chi connectivity index (χ4n) is 4.55. The second-order valence-corrected chi connectivity index (χ2v) is 8.23. The van der Waals surface area contributed by atoms with Crippen LogP contribution in [-0.4, -0.2) is 7.05 Å². The van der Waals surface area contributed by atoms with Crippen LogP contribution in [0.5, 0.6) is 0 Å². The molecule has 0 aliphatic heterocycles. The van der Waals surface area contributed by atoms with Crippen LogP contribution < -0.4 is 5.32 Å². The van der Waals surface area contributed by atoms with Crippen molar-refractivity contribution in [3.8, 4) is 0 Å². The quantitative estimate of drug-likeness (QED) is 0.808. The predicted octanol–water partition coefficient (Wildman–Crippen LogP) is 5.17. The summed E-state index contributed by atoms with van der Waals surface area (Å²) >= 11 is 0. The standard InChI is InChI=1S/C20H33N/c1-11-12(2)14(4)16(15(5)13(11)3)17(21-10)18-19(6,7)20(18,8)9/h17-18,21H,1-10H3. The summed E-state index contributed by atoms with van der Waals surface area (Å²) in [4.78, 5) is 0. The molecule has 1 N–H and O–H groups in total. The number of benzene rings is 1. The average molecular weight is 287 g/mol. The molecule has 0 amide bonds. The molecule has 1 heteroatoms. The Balaban J connectivity index is 2.61. The van der Waals surface area contributed by atoms with E-state index in [2.05, 4.69) is 74.7 Å². The highest BCUT2D eigenvalue weighted by atomic mass is 14.9. The number of hydrogen-bond donors (Lipinski definition) is 1. The molecule has 1 atom stereocenters. The largest absolute Gasteiger partial charge is 0.313 e. The molecule has 1 aliphatic rings. The smallest absolute Gasteiger partial charge is 0.0362 e. The lowest BCUT2D eigenvalue weighted by Crippen LogP contribution is -2.24. The highest BCUT2D eigenvalue weighted by Crippen LogP contribution is 2.72. The van der Waals surface area contributed by atoms with E-state index in [-0.39, 0.29) is 0 Å². The summed E-state index contributed by atoms with van der Waals surface area (Å²) in [6.07, 6.45) is 0. The van der Waals surface area contributed by atoms with Gasteiger partial charge in [-0.25, -0.2) is 0 Å². The summed E-state index contributed by atoms with van der Waals surface area (Å²) in [6, 6.07) is 0.452. The van der Waals surface area contributed by atoms with E-state index in [4.69, 9.17) is 0 Å². The first-order chi connectivity index (χ1) is 9.50. The van der Waals surface area contributed by atoms with Gasteiger partial charge in [0.2, 0.25) is 0 Å². The van der Waals surface area contributed by atoms with E-state index >= 15 is 0 Å². The van der Waals surface area contributed by atoms with E-state index in [9.17, 15) is 0 Å². The Morgan fingerprint density at radius 3 is 1.33 bits per heavy atom. The maximum atomic E-state index is 3.65. The van der Waals surface area contributed by atoms with Crippen LogP contribution in [0.3, 0.4) is 0 Å². The molecule has 1 saturated carbocycles. The van der Waals surface area contributed by atoms with Gasteiger partial charge in [-0.15, -0.1) is 0 Å². The van der Waals surface area contributed by atoms with Crippen LogP contribution >= 0.6 is 0 Å². The zero-order chi connectivity index (χ0) is 16.3. The molecule has 0 saturated heterocycles. The van der Waals surface area contributed by atoms with E-state index < -0.39 is 0 Å². The average Bonchev–Trinajstić information content (AvgIpc) is 2.81. The first-order valence-corrected chi connectivity index (χ1v) is 8.24. The van der Waals surface area contributed by atoms with Crippen LogP contribution in [0.4, 0.5) is 0 Å².